The molecule has 0 bridgehead atoms. The highest BCUT2D eigenvalue weighted by molar-refractivity contribution is 8.00. The number of rotatable bonds is 5. The van der Waals surface area contributed by atoms with Gasteiger partial charge in [0.1, 0.15) is 11.6 Å². The lowest BCUT2D eigenvalue weighted by molar-refractivity contribution is -0.127. The lowest BCUT2D eigenvalue weighted by Crippen LogP contribution is -2.43. The van der Waals surface area contributed by atoms with Crippen LogP contribution < -0.4 is 10.9 Å². The molecule has 0 saturated carbocycles. The average molecular weight is 336 g/mol. The molecule has 0 unspecified atom stereocenters. The molecular formula is C16H14F2N2O2S. The van der Waals surface area contributed by atoms with Crippen molar-refractivity contribution in [3.8, 4) is 0 Å². The van der Waals surface area contributed by atoms with Gasteiger partial charge in [0.15, 0.2) is 0 Å². The fraction of sp³-hybridized carbons (Fsp3) is 0.125. The molecule has 2 N–H and O–H groups in total. The van der Waals surface area contributed by atoms with Gasteiger partial charge in [-0.15, -0.1) is 11.8 Å². The van der Waals surface area contributed by atoms with Crippen molar-refractivity contribution in [2.45, 2.75) is 11.3 Å². The second-order valence-electron chi connectivity index (χ2n) is 4.62. The first-order chi connectivity index (χ1) is 11.0. The van der Waals surface area contributed by atoms with Crippen LogP contribution in [0, 0.1) is 11.6 Å². The maximum Gasteiger partial charge on any atom is 0.248 e. The van der Waals surface area contributed by atoms with Crippen LogP contribution >= 0.6 is 11.8 Å². The monoisotopic (exact) mass is 336 g/mol. The smallest absolute Gasteiger partial charge is 0.248 e. The third-order valence-corrected chi connectivity index (χ3v) is 3.84. The molecule has 2 aromatic carbocycles. The highest BCUT2D eigenvalue weighted by atomic mass is 32.2. The number of nitrogens with one attached hydrogen (secondary N) is 2. The Hall–Kier alpha value is -2.41. The third kappa shape index (κ3) is 5.71. The summed E-state index contributed by atoms with van der Waals surface area (Å²) in [6.45, 7) is 0. The Labute approximate surface area is 136 Å². The van der Waals surface area contributed by atoms with E-state index in [0.717, 1.165) is 11.8 Å². The van der Waals surface area contributed by atoms with Crippen LogP contribution in [0.5, 0.6) is 0 Å². The van der Waals surface area contributed by atoms with E-state index < -0.39 is 23.4 Å². The molecule has 0 aliphatic rings. The standard InChI is InChI=1S/C16H14F2N2O2S/c17-12-5-3-4-11(8-12)9-15(21)19-20-16(22)10-23-14-7-2-1-6-13(14)18/h1-8H,9-10H2,(H,19,21)(H,20,22). The van der Waals surface area contributed by atoms with E-state index in [-0.39, 0.29) is 12.2 Å². The largest absolute Gasteiger partial charge is 0.273 e. The van der Waals surface area contributed by atoms with Gasteiger partial charge in [0.2, 0.25) is 11.8 Å². The lowest BCUT2D eigenvalue weighted by atomic mass is 10.1. The van der Waals surface area contributed by atoms with Crippen molar-refractivity contribution in [1.29, 1.82) is 0 Å². The first-order valence-corrected chi connectivity index (χ1v) is 7.72. The first kappa shape index (κ1) is 17.0. The molecule has 23 heavy (non-hydrogen) atoms. The molecule has 0 radical (unpaired) electrons. The number of thioether (sulfide) groups is 1. The molecule has 2 amide bonds. The van der Waals surface area contributed by atoms with Gasteiger partial charge in [0.25, 0.3) is 0 Å². The van der Waals surface area contributed by atoms with E-state index in [0.29, 0.717) is 10.5 Å². The molecule has 0 spiro atoms. The summed E-state index contributed by atoms with van der Waals surface area (Å²) in [5, 5.41) is 0. The third-order valence-electron chi connectivity index (χ3n) is 2.79. The van der Waals surface area contributed by atoms with Crippen LogP contribution in [0.25, 0.3) is 0 Å². The summed E-state index contributed by atoms with van der Waals surface area (Å²) in [4.78, 5) is 23.6. The summed E-state index contributed by atoms with van der Waals surface area (Å²) in [7, 11) is 0. The zero-order valence-electron chi connectivity index (χ0n) is 12.0. The highest BCUT2D eigenvalue weighted by Gasteiger charge is 2.08. The van der Waals surface area contributed by atoms with Crippen molar-refractivity contribution in [2.24, 2.45) is 0 Å². The molecule has 0 heterocycles. The Morgan fingerprint density at radius 3 is 2.43 bits per heavy atom. The quantitative estimate of drug-likeness (QED) is 0.651. The van der Waals surface area contributed by atoms with E-state index >= 15 is 0 Å². The van der Waals surface area contributed by atoms with Crippen LogP contribution in [0.3, 0.4) is 0 Å². The number of benzene rings is 2. The first-order valence-electron chi connectivity index (χ1n) is 6.74. The zero-order valence-corrected chi connectivity index (χ0v) is 12.8. The Kier molecular flexibility index (Phi) is 6.10. The number of halogens is 2. The van der Waals surface area contributed by atoms with E-state index in [1.165, 1.54) is 24.3 Å². The minimum Gasteiger partial charge on any atom is -0.273 e. The van der Waals surface area contributed by atoms with E-state index in [2.05, 4.69) is 10.9 Å². The van der Waals surface area contributed by atoms with Crippen molar-refractivity contribution in [3.05, 3.63) is 65.7 Å². The van der Waals surface area contributed by atoms with E-state index in [1.54, 1.807) is 24.3 Å². The summed E-state index contributed by atoms with van der Waals surface area (Å²) >= 11 is 1.02. The van der Waals surface area contributed by atoms with Crippen LogP contribution in [-0.4, -0.2) is 17.6 Å². The van der Waals surface area contributed by atoms with E-state index in [9.17, 15) is 18.4 Å². The number of hydrogen-bond donors (Lipinski definition) is 2. The molecule has 7 heteroatoms. The van der Waals surface area contributed by atoms with Crippen LogP contribution in [0.15, 0.2) is 53.4 Å². The van der Waals surface area contributed by atoms with Crippen LogP contribution in [0.4, 0.5) is 8.78 Å². The second kappa shape index (κ2) is 8.28. The van der Waals surface area contributed by atoms with Gasteiger partial charge in [-0.2, -0.15) is 0 Å². The summed E-state index contributed by atoms with van der Waals surface area (Å²) in [6.07, 6.45) is -0.0570. The van der Waals surface area contributed by atoms with E-state index in [4.69, 9.17) is 0 Å². The van der Waals surface area contributed by atoms with Crippen LogP contribution in [0.2, 0.25) is 0 Å². The van der Waals surface area contributed by atoms with Crippen molar-refractivity contribution in [2.75, 3.05) is 5.75 Å². The molecule has 2 aromatic rings. The van der Waals surface area contributed by atoms with Gasteiger partial charge in [-0.3, -0.25) is 20.4 Å². The molecular weight excluding hydrogens is 322 g/mol. The Morgan fingerprint density at radius 2 is 1.70 bits per heavy atom. The normalized spacial score (nSPS) is 10.2. The molecule has 0 aromatic heterocycles. The number of carbonyl (C=O) groups is 2. The van der Waals surface area contributed by atoms with Crippen molar-refractivity contribution < 1.29 is 18.4 Å². The average Bonchev–Trinajstić information content (AvgIpc) is 2.52. The molecule has 0 saturated heterocycles. The zero-order chi connectivity index (χ0) is 16.7. The summed E-state index contributed by atoms with van der Waals surface area (Å²) < 4.78 is 26.4. The minimum atomic E-state index is -0.472. The molecule has 2 rings (SSSR count). The number of amides is 2. The fourth-order valence-electron chi connectivity index (χ4n) is 1.76. The van der Waals surface area contributed by atoms with E-state index in [1.807, 2.05) is 0 Å². The predicted molar refractivity (Wildman–Crippen MR) is 83.5 cm³/mol. The van der Waals surface area contributed by atoms with Gasteiger partial charge in [-0.25, -0.2) is 8.78 Å². The molecule has 4 nitrogen and oxygen atoms in total. The maximum atomic E-state index is 13.4. The summed E-state index contributed by atoms with van der Waals surface area (Å²) in [5.41, 5.74) is 4.96. The molecule has 0 aliphatic carbocycles. The van der Waals surface area contributed by atoms with Gasteiger partial charge in [-0.1, -0.05) is 24.3 Å². The number of hydrazine groups is 1. The molecule has 0 atom stereocenters. The topological polar surface area (TPSA) is 58.2 Å². The molecule has 0 aliphatic heterocycles. The van der Waals surface area contributed by atoms with Crippen LogP contribution in [-0.2, 0) is 16.0 Å². The van der Waals surface area contributed by atoms with Crippen molar-refractivity contribution in [3.63, 3.8) is 0 Å². The second-order valence-corrected chi connectivity index (χ2v) is 5.64. The molecule has 120 valence electrons. The SMILES string of the molecule is O=C(CSc1ccccc1F)NNC(=O)Cc1cccc(F)c1. The van der Waals surface area contributed by atoms with Gasteiger partial charge >= 0.3 is 0 Å². The number of hydrogen-bond acceptors (Lipinski definition) is 3. The minimum absolute atomic E-state index is 0.0405. The highest BCUT2D eigenvalue weighted by Crippen LogP contribution is 2.20. The van der Waals surface area contributed by atoms with Crippen molar-refractivity contribution in [1.82, 2.24) is 10.9 Å². The predicted octanol–water partition coefficient (Wildman–Crippen LogP) is 2.45. The number of carbonyl (C=O) groups excluding carboxylic acids is 2. The van der Waals surface area contributed by atoms with Gasteiger partial charge in [-0.05, 0) is 29.8 Å². The van der Waals surface area contributed by atoms with Gasteiger partial charge in [0, 0.05) is 4.90 Å². The fourth-order valence-corrected chi connectivity index (χ4v) is 2.50. The summed E-state index contributed by atoms with van der Waals surface area (Å²) in [6, 6.07) is 11.7. The van der Waals surface area contributed by atoms with Crippen LogP contribution in [0.1, 0.15) is 5.56 Å². The Bertz CT molecular complexity index is 710. The Morgan fingerprint density at radius 1 is 0.957 bits per heavy atom. The summed E-state index contributed by atoms with van der Waals surface area (Å²) in [5.74, 6) is -1.81. The maximum absolute atomic E-state index is 13.4. The van der Waals surface area contributed by atoms with Gasteiger partial charge < -0.3 is 0 Å². The molecule has 0 fully saturated rings. The lowest BCUT2D eigenvalue weighted by Gasteiger charge is -2.08. The Balaban J connectivity index is 1.74. The van der Waals surface area contributed by atoms with Crippen molar-refractivity contribution >= 4 is 23.6 Å². The van der Waals surface area contributed by atoms with Gasteiger partial charge in [0.05, 0.1) is 12.2 Å².